The van der Waals surface area contributed by atoms with E-state index in [0.717, 1.165) is 23.0 Å². The van der Waals surface area contributed by atoms with Crippen molar-refractivity contribution in [3.63, 3.8) is 0 Å². The zero-order chi connectivity index (χ0) is 22.7. The van der Waals surface area contributed by atoms with Gasteiger partial charge in [0.1, 0.15) is 18.1 Å². The molecule has 0 saturated heterocycles. The molecule has 0 aromatic heterocycles. The number of phenols is 1. The Hall–Kier alpha value is -3.28. The van der Waals surface area contributed by atoms with Gasteiger partial charge in [0.25, 0.3) is 0 Å². The number of hydrogen-bond acceptors (Lipinski definition) is 5. The van der Waals surface area contributed by atoms with Crippen LogP contribution in [0, 0.1) is 5.41 Å². The molecule has 0 saturated carbocycles. The van der Waals surface area contributed by atoms with Gasteiger partial charge in [-0.05, 0) is 60.7 Å². The molecule has 30 heavy (non-hydrogen) atoms. The van der Waals surface area contributed by atoms with Crippen molar-refractivity contribution in [2.75, 3.05) is 0 Å². The molecule has 1 unspecified atom stereocenters. The fourth-order valence-corrected chi connectivity index (χ4v) is 2.81. The largest absolute Gasteiger partial charge is 0.516 e. The van der Waals surface area contributed by atoms with Crippen molar-refractivity contribution in [3.05, 3.63) is 71.5 Å². The summed E-state index contributed by atoms with van der Waals surface area (Å²) in [5.41, 5.74) is 2.97. The number of aliphatic hydroxyl groups excluding tert-OH is 1. The number of rotatable bonds is 8. The van der Waals surface area contributed by atoms with E-state index in [2.05, 4.69) is 0 Å². The molecule has 0 aliphatic carbocycles. The summed E-state index contributed by atoms with van der Waals surface area (Å²) in [5, 5.41) is 34.4. The average molecular weight is 414 g/mol. The summed E-state index contributed by atoms with van der Waals surface area (Å²) in [6.07, 6.45) is 2.46. The highest BCUT2D eigenvalue weighted by Gasteiger charge is 2.17. The zero-order valence-corrected chi connectivity index (χ0v) is 17.9. The number of carboxylic acid groups (broad SMARTS) is 1. The predicted octanol–water partition coefficient (Wildman–Crippen LogP) is 5.77. The van der Waals surface area contributed by atoms with Gasteiger partial charge in [-0.3, -0.25) is 4.79 Å². The third kappa shape index (κ3) is 7.99. The van der Waals surface area contributed by atoms with Gasteiger partial charge in [0.15, 0.2) is 0 Å². The van der Waals surface area contributed by atoms with Crippen molar-refractivity contribution in [1.29, 1.82) is 5.41 Å². The highest BCUT2D eigenvalue weighted by molar-refractivity contribution is 5.89. The smallest absolute Gasteiger partial charge is 0.304 e. The molecule has 0 radical (unpaired) electrons. The average Bonchev–Trinajstić information content (AvgIpc) is 2.71. The van der Waals surface area contributed by atoms with Gasteiger partial charge in [-0.25, -0.2) is 0 Å². The summed E-state index contributed by atoms with van der Waals surface area (Å²) in [6.45, 7) is 7.80. The van der Waals surface area contributed by atoms with Crippen LogP contribution in [0.4, 0.5) is 0 Å². The van der Waals surface area contributed by atoms with Crippen molar-refractivity contribution in [3.8, 4) is 11.5 Å². The quantitative estimate of drug-likeness (QED) is 0.324. The molecule has 162 valence electrons. The van der Waals surface area contributed by atoms with E-state index in [1.165, 1.54) is 0 Å². The molecule has 0 bridgehead atoms. The van der Waals surface area contributed by atoms with E-state index in [1.54, 1.807) is 50.3 Å². The second-order valence-corrected chi connectivity index (χ2v) is 7.22. The van der Waals surface area contributed by atoms with Gasteiger partial charge in [-0.2, -0.15) is 0 Å². The Balaban J connectivity index is 0.00000103. The summed E-state index contributed by atoms with van der Waals surface area (Å²) >= 11 is 0. The van der Waals surface area contributed by atoms with E-state index in [1.807, 2.05) is 26.0 Å². The molecule has 0 aliphatic heterocycles. The lowest BCUT2D eigenvalue weighted by Crippen LogP contribution is -2.13. The van der Waals surface area contributed by atoms with Gasteiger partial charge >= 0.3 is 5.97 Å². The van der Waals surface area contributed by atoms with Crippen molar-refractivity contribution in [2.24, 2.45) is 0 Å². The first-order chi connectivity index (χ1) is 14.2. The first kappa shape index (κ1) is 24.8. The molecule has 2 aromatic carbocycles. The lowest BCUT2D eigenvalue weighted by atomic mass is 9.92. The van der Waals surface area contributed by atoms with E-state index in [0.29, 0.717) is 23.8 Å². The Morgan fingerprint density at radius 2 is 1.77 bits per heavy atom. The van der Waals surface area contributed by atoms with Crippen molar-refractivity contribution < 1.29 is 24.9 Å². The molecule has 0 amide bonds. The Morgan fingerprint density at radius 1 is 1.17 bits per heavy atom. The van der Waals surface area contributed by atoms with Crippen molar-refractivity contribution >= 4 is 11.7 Å². The maximum Gasteiger partial charge on any atom is 0.304 e. The Labute approximate surface area is 178 Å². The number of carboxylic acids is 1. The number of allylic oxidation sites excluding steroid dienone is 1. The number of aliphatic carboxylic acids is 1. The van der Waals surface area contributed by atoms with Crippen LogP contribution in [-0.4, -0.2) is 27.0 Å². The van der Waals surface area contributed by atoms with Crippen LogP contribution in [0.15, 0.2) is 54.8 Å². The predicted molar refractivity (Wildman–Crippen MR) is 119 cm³/mol. The van der Waals surface area contributed by atoms with Gasteiger partial charge in [-0.1, -0.05) is 38.1 Å². The molecular formula is C24H31NO5. The second-order valence-electron chi connectivity index (χ2n) is 7.22. The molecule has 2 aromatic rings. The number of aliphatic hydroxyl groups is 1. The molecule has 1 atom stereocenters. The first-order valence-corrected chi connectivity index (χ1v) is 9.76. The van der Waals surface area contributed by atoms with E-state index in [-0.39, 0.29) is 12.3 Å². The van der Waals surface area contributed by atoms with Crippen LogP contribution in [0.1, 0.15) is 62.6 Å². The number of nitrogens with one attached hydrogen (secondary N) is 1. The minimum atomic E-state index is -0.921. The fraction of sp³-hybridized carbons (Fsp3) is 0.333. The highest BCUT2D eigenvalue weighted by Crippen LogP contribution is 2.27. The summed E-state index contributed by atoms with van der Waals surface area (Å²) < 4.78 is 5.79. The number of carbonyl (C=O) groups is 1. The van der Waals surface area contributed by atoms with E-state index >= 15 is 0 Å². The van der Waals surface area contributed by atoms with Gasteiger partial charge in [-0.15, -0.1) is 0 Å². The van der Waals surface area contributed by atoms with Gasteiger partial charge in [0, 0.05) is 11.6 Å². The normalized spacial score (nSPS) is 11.6. The van der Waals surface area contributed by atoms with Gasteiger partial charge < -0.3 is 25.5 Å². The molecular weight excluding hydrogens is 382 g/mol. The highest BCUT2D eigenvalue weighted by atomic mass is 16.5. The Morgan fingerprint density at radius 3 is 2.23 bits per heavy atom. The standard InChI is InChI=1S/C21H25NO4.C3H6O/c1-13(2)18-10-15(4-9-20(18)23)12-26-17-7-5-16(6-8-17)19(14(3)22)11-21(24)25;1-2-3-4/h4-10,13,19,22-23H,11-12H2,1-3H3,(H,24,25);2-4H,1H3/b;3-2-. The van der Waals surface area contributed by atoms with Crippen LogP contribution in [-0.2, 0) is 11.4 Å². The van der Waals surface area contributed by atoms with E-state index in [4.69, 9.17) is 20.4 Å². The number of ether oxygens (including phenoxy) is 1. The molecule has 6 heteroatoms. The molecule has 0 spiro atoms. The molecule has 4 N–H and O–H groups in total. The maximum atomic E-state index is 11.0. The number of benzene rings is 2. The summed E-state index contributed by atoms with van der Waals surface area (Å²) in [5.74, 6) is -0.156. The fourth-order valence-electron chi connectivity index (χ4n) is 2.81. The van der Waals surface area contributed by atoms with Crippen molar-refractivity contribution in [1.82, 2.24) is 0 Å². The molecule has 6 nitrogen and oxygen atoms in total. The maximum absolute atomic E-state index is 11.0. The topological polar surface area (TPSA) is 111 Å². The van der Waals surface area contributed by atoms with Crippen LogP contribution in [0.25, 0.3) is 0 Å². The lowest BCUT2D eigenvalue weighted by Gasteiger charge is -2.15. The summed E-state index contributed by atoms with van der Waals surface area (Å²) in [7, 11) is 0. The van der Waals surface area contributed by atoms with Crippen molar-refractivity contribution in [2.45, 2.75) is 52.6 Å². The molecule has 0 heterocycles. The monoisotopic (exact) mass is 413 g/mol. The first-order valence-electron chi connectivity index (χ1n) is 9.76. The van der Waals surface area contributed by atoms with Crippen LogP contribution < -0.4 is 4.74 Å². The third-order valence-electron chi connectivity index (χ3n) is 4.45. The minimum Gasteiger partial charge on any atom is -0.516 e. The Kier molecular flexibility index (Phi) is 10.2. The molecule has 2 rings (SSSR count). The number of hydrogen-bond donors (Lipinski definition) is 4. The third-order valence-corrected chi connectivity index (χ3v) is 4.45. The Bertz CT molecular complexity index is 852. The van der Waals surface area contributed by atoms with Gasteiger partial charge in [0.05, 0.1) is 12.7 Å². The van der Waals surface area contributed by atoms with Crippen LogP contribution in [0.3, 0.4) is 0 Å². The van der Waals surface area contributed by atoms with Crippen LogP contribution in [0.5, 0.6) is 11.5 Å². The summed E-state index contributed by atoms with van der Waals surface area (Å²) in [6, 6.07) is 12.6. The lowest BCUT2D eigenvalue weighted by molar-refractivity contribution is -0.137. The minimum absolute atomic E-state index is 0.0962. The zero-order valence-electron chi connectivity index (χ0n) is 17.9. The number of aromatic hydroxyl groups is 1. The number of phenolic OH excluding ortho intramolecular Hbond substituents is 1. The van der Waals surface area contributed by atoms with E-state index < -0.39 is 11.9 Å². The summed E-state index contributed by atoms with van der Waals surface area (Å²) in [4.78, 5) is 11.0. The SMILES string of the molecule is C/C=C\O.CC(=N)C(CC(=O)O)c1ccc(OCc2ccc(O)c(C(C)C)c2)cc1. The van der Waals surface area contributed by atoms with E-state index in [9.17, 15) is 9.90 Å². The molecule has 0 fully saturated rings. The second kappa shape index (κ2) is 12.3. The van der Waals surface area contributed by atoms with Crippen LogP contribution in [0.2, 0.25) is 0 Å². The molecule has 0 aliphatic rings. The van der Waals surface area contributed by atoms with Crippen LogP contribution >= 0.6 is 0 Å². The van der Waals surface area contributed by atoms with Gasteiger partial charge in [0.2, 0.25) is 0 Å².